The molecule has 0 amide bonds. The van der Waals surface area contributed by atoms with E-state index >= 15 is 0 Å². The molecule has 1 aromatic heterocycles. The highest BCUT2D eigenvalue weighted by atomic mass is 79.9. The van der Waals surface area contributed by atoms with E-state index in [4.69, 9.17) is 0 Å². The van der Waals surface area contributed by atoms with Gasteiger partial charge in [-0.05, 0) is 31.5 Å². The Morgan fingerprint density at radius 1 is 1.50 bits per heavy atom. The number of aryl methyl sites for hydroxylation is 2. The normalized spacial score (nSPS) is 10.6. The van der Waals surface area contributed by atoms with Crippen LogP contribution in [0.2, 0.25) is 0 Å². The summed E-state index contributed by atoms with van der Waals surface area (Å²) in [6, 6.07) is 5.76. The highest BCUT2D eigenvalue weighted by Crippen LogP contribution is 2.28. The first-order valence-electron chi connectivity index (χ1n) is 5.60. The van der Waals surface area contributed by atoms with Gasteiger partial charge in [-0.25, -0.2) is 4.79 Å². The molecular formula is C13H13BrN2O2. The van der Waals surface area contributed by atoms with Gasteiger partial charge in [-0.15, -0.1) is 0 Å². The van der Waals surface area contributed by atoms with Gasteiger partial charge in [0.2, 0.25) is 0 Å². The van der Waals surface area contributed by atoms with Crippen molar-refractivity contribution in [3.8, 4) is 11.3 Å². The Balaban J connectivity index is 2.65. The van der Waals surface area contributed by atoms with Gasteiger partial charge in [0.15, 0.2) is 0 Å². The lowest BCUT2D eigenvalue weighted by atomic mass is 10.0. The Morgan fingerprint density at radius 3 is 2.83 bits per heavy atom. The summed E-state index contributed by atoms with van der Waals surface area (Å²) in [7, 11) is 0. The lowest BCUT2D eigenvalue weighted by Gasteiger charge is -2.04. The Kier molecular flexibility index (Phi) is 3.52. The standard InChI is InChI=1S/C13H13BrN2O2/c1-3-16-7-11(13(17)18)12(15-16)10-6-9(14)5-4-8(10)2/h4-7H,3H2,1-2H3,(H,17,18). The van der Waals surface area contributed by atoms with Gasteiger partial charge in [0.1, 0.15) is 11.3 Å². The Hall–Kier alpha value is -1.62. The van der Waals surface area contributed by atoms with E-state index in [2.05, 4.69) is 21.0 Å². The van der Waals surface area contributed by atoms with Crippen LogP contribution < -0.4 is 0 Å². The molecule has 0 aliphatic rings. The average molecular weight is 309 g/mol. The molecule has 2 rings (SSSR count). The Labute approximate surface area is 113 Å². The molecule has 0 saturated carbocycles. The molecule has 5 heteroatoms. The fraction of sp³-hybridized carbons (Fsp3) is 0.231. The lowest BCUT2D eigenvalue weighted by Crippen LogP contribution is -1.97. The third kappa shape index (κ3) is 2.31. The van der Waals surface area contributed by atoms with Crippen LogP contribution in [0, 0.1) is 6.92 Å². The summed E-state index contributed by atoms with van der Waals surface area (Å²) in [6.45, 7) is 4.52. The van der Waals surface area contributed by atoms with Crippen molar-refractivity contribution in [3.05, 3.63) is 40.0 Å². The van der Waals surface area contributed by atoms with Crippen molar-refractivity contribution in [2.24, 2.45) is 0 Å². The van der Waals surface area contributed by atoms with Gasteiger partial charge < -0.3 is 5.11 Å². The molecule has 0 saturated heterocycles. The van der Waals surface area contributed by atoms with Crippen molar-refractivity contribution in [1.29, 1.82) is 0 Å². The first-order valence-corrected chi connectivity index (χ1v) is 6.39. The number of hydrogen-bond donors (Lipinski definition) is 1. The molecule has 0 fully saturated rings. The number of benzene rings is 1. The van der Waals surface area contributed by atoms with Crippen LogP contribution in [0.1, 0.15) is 22.8 Å². The monoisotopic (exact) mass is 308 g/mol. The minimum absolute atomic E-state index is 0.234. The van der Waals surface area contributed by atoms with E-state index in [0.29, 0.717) is 12.2 Å². The van der Waals surface area contributed by atoms with Crippen LogP contribution in [0.15, 0.2) is 28.9 Å². The quantitative estimate of drug-likeness (QED) is 0.946. The third-order valence-electron chi connectivity index (χ3n) is 2.77. The fourth-order valence-corrected chi connectivity index (χ4v) is 2.15. The van der Waals surface area contributed by atoms with E-state index in [1.165, 1.54) is 0 Å². The molecule has 0 radical (unpaired) electrons. The number of hydrogen-bond acceptors (Lipinski definition) is 2. The molecule has 0 atom stereocenters. The lowest BCUT2D eigenvalue weighted by molar-refractivity contribution is 0.0697. The number of aromatic nitrogens is 2. The van der Waals surface area contributed by atoms with Crippen molar-refractivity contribution in [2.75, 3.05) is 0 Å². The maximum atomic E-state index is 11.3. The van der Waals surface area contributed by atoms with Crippen molar-refractivity contribution < 1.29 is 9.90 Å². The minimum atomic E-state index is -0.955. The molecular weight excluding hydrogens is 296 g/mol. The summed E-state index contributed by atoms with van der Waals surface area (Å²) in [5.41, 5.74) is 2.59. The second kappa shape index (κ2) is 4.94. The van der Waals surface area contributed by atoms with Gasteiger partial charge in [-0.1, -0.05) is 22.0 Å². The number of carboxylic acids is 1. The van der Waals surface area contributed by atoms with Crippen LogP contribution in [0.25, 0.3) is 11.3 Å². The van der Waals surface area contributed by atoms with Crippen LogP contribution in [0.3, 0.4) is 0 Å². The van der Waals surface area contributed by atoms with Gasteiger partial charge in [0.25, 0.3) is 0 Å². The van der Waals surface area contributed by atoms with Crippen LogP contribution in [0.5, 0.6) is 0 Å². The second-order valence-electron chi connectivity index (χ2n) is 4.01. The van der Waals surface area contributed by atoms with Gasteiger partial charge in [-0.3, -0.25) is 4.68 Å². The van der Waals surface area contributed by atoms with E-state index in [0.717, 1.165) is 15.6 Å². The van der Waals surface area contributed by atoms with Crippen molar-refractivity contribution >= 4 is 21.9 Å². The summed E-state index contributed by atoms with van der Waals surface area (Å²) in [4.78, 5) is 11.3. The highest BCUT2D eigenvalue weighted by Gasteiger charge is 2.18. The summed E-state index contributed by atoms with van der Waals surface area (Å²) in [6.07, 6.45) is 1.57. The predicted molar refractivity (Wildman–Crippen MR) is 72.7 cm³/mol. The van der Waals surface area contributed by atoms with Gasteiger partial charge >= 0.3 is 5.97 Å². The predicted octanol–water partition coefficient (Wildman–Crippen LogP) is 3.34. The zero-order chi connectivity index (χ0) is 13.3. The molecule has 94 valence electrons. The smallest absolute Gasteiger partial charge is 0.339 e. The Bertz CT molecular complexity index is 605. The first-order chi connectivity index (χ1) is 8.52. The number of halogens is 1. The highest BCUT2D eigenvalue weighted by molar-refractivity contribution is 9.10. The molecule has 1 N–H and O–H groups in total. The van der Waals surface area contributed by atoms with Crippen molar-refractivity contribution in [1.82, 2.24) is 9.78 Å². The molecule has 0 aliphatic heterocycles. The number of aromatic carboxylic acids is 1. The maximum Gasteiger partial charge on any atom is 0.339 e. The van der Waals surface area contributed by atoms with E-state index in [9.17, 15) is 9.90 Å². The number of carboxylic acid groups (broad SMARTS) is 1. The molecule has 0 aliphatic carbocycles. The third-order valence-corrected chi connectivity index (χ3v) is 3.26. The summed E-state index contributed by atoms with van der Waals surface area (Å²) < 4.78 is 2.55. The average Bonchev–Trinajstić information content (AvgIpc) is 2.76. The van der Waals surface area contributed by atoms with E-state index in [1.54, 1.807) is 10.9 Å². The van der Waals surface area contributed by atoms with Crippen molar-refractivity contribution in [2.45, 2.75) is 20.4 Å². The zero-order valence-corrected chi connectivity index (χ0v) is 11.7. The van der Waals surface area contributed by atoms with Crippen LogP contribution in [-0.4, -0.2) is 20.9 Å². The number of rotatable bonds is 3. The summed E-state index contributed by atoms with van der Waals surface area (Å²) in [5, 5.41) is 13.6. The summed E-state index contributed by atoms with van der Waals surface area (Å²) >= 11 is 3.40. The molecule has 0 unspecified atom stereocenters. The molecule has 18 heavy (non-hydrogen) atoms. The van der Waals surface area contributed by atoms with Gasteiger partial charge in [-0.2, -0.15) is 5.10 Å². The number of nitrogens with zero attached hydrogens (tertiary/aromatic N) is 2. The summed E-state index contributed by atoms with van der Waals surface area (Å²) in [5.74, 6) is -0.955. The first kappa shape index (κ1) is 12.8. The maximum absolute atomic E-state index is 11.3. The van der Waals surface area contributed by atoms with Gasteiger partial charge in [0, 0.05) is 22.8 Å². The molecule has 0 bridgehead atoms. The van der Waals surface area contributed by atoms with Crippen LogP contribution in [-0.2, 0) is 6.54 Å². The van der Waals surface area contributed by atoms with Crippen LogP contribution >= 0.6 is 15.9 Å². The largest absolute Gasteiger partial charge is 0.478 e. The molecule has 4 nitrogen and oxygen atoms in total. The van der Waals surface area contributed by atoms with E-state index in [-0.39, 0.29) is 5.56 Å². The second-order valence-corrected chi connectivity index (χ2v) is 4.93. The molecule has 1 aromatic carbocycles. The van der Waals surface area contributed by atoms with E-state index < -0.39 is 5.97 Å². The van der Waals surface area contributed by atoms with Gasteiger partial charge in [0.05, 0.1) is 0 Å². The molecule has 0 spiro atoms. The van der Waals surface area contributed by atoms with Crippen LogP contribution in [0.4, 0.5) is 0 Å². The number of carbonyl (C=O) groups is 1. The molecule has 2 aromatic rings. The Morgan fingerprint density at radius 2 is 2.22 bits per heavy atom. The fourth-order valence-electron chi connectivity index (χ4n) is 1.79. The van der Waals surface area contributed by atoms with Crippen molar-refractivity contribution in [3.63, 3.8) is 0 Å². The van der Waals surface area contributed by atoms with E-state index in [1.807, 2.05) is 32.0 Å². The SMILES string of the molecule is CCn1cc(C(=O)O)c(-c2cc(Br)ccc2C)n1. The topological polar surface area (TPSA) is 55.1 Å². The zero-order valence-electron chi connectivity index (χ0n) is 10.1. The minimum Gasteiger partial charge on any atom is -0.478 e. The molecule has 1 heterocycles.